The minimum atomic E-state index is -0.512. The van der Waals surface area contributed by atoms with Crippen LogP contribution in [0.4, 0.5) is 10.1 Å². The van der Waals surface area contributed by atoms with E-state index in [4.69, 9.17) is 5.73 Å². The summed E-state index contributed by atoms with van der Waals surface area (Å²) in [6.07, 6.45) is 0. The van der Waals surface area contributed by atoms with Gasteiger partial charge in [0, 0.05) is 23.2 Å². The molecule has 0 aliphatic rings. The van der Waals surface area contributed by atoms with Gasteiger partial charge in [-0.25, -0.2) is 4.39 Å². The highest BCUT2D eigenvalue weighted by atomic mass is 19.1. The Kier molecular flexibility index (Phi) is 4.26. The van der Waals surface area contributed by atoms with Crippen LogP contribution in [0.5, 0.6) is 0 Å². The van der Waals surface area contributed by atoms with Crippen molar-refractivity contribution in [1.29, 1.82) is 0 Å². The Morgan fingerprint density at radius 3 is 2.48 bits per heavy atom. The average molecular weight is 286 g/mol. The monoisotopic (exact) mass is 286 g/mol. The zero-order valence-electron chi connectivity index (χ0n) is 12.2. The molecule has 0 fully saturated rings. The summed E-state index contributed by atoms with van der Waals surface area (Å²) in [5.74, 6) is -0.840. The molecule has 3 N–H and O–H groups in total. The van der Waals surface area contributed by atoms with E-state index in [2.05, 4.69) is 5.32 Å². The van der Waals surface area contributed by atoms with E-state index in [1.807, 2.05) is 44.2 Å². The van der Waals surface area contributed by atoms with E-state index in [-0.39, 0.29) is 22.6 Å². The molecule has 0 bridgehead atoms. The van der Waals surface area contributed by atoms with Gasteiger partial charge < -0.3 is 11.1 Å². The summed E-state index contributed by atoms with van der Waals surface area (Å²) < 4.78 is 13.3. The van der Waals surface area contributed by atoms with Gasteiger partial charge >= 0.3 is 0 Å². The van der Waals surface area contributed by atoms with Crippen molar-refractivity contribution in [2.24, 2.45) is 0 Å². The Bertz CT molecular complexity index is 618. The number of carbonyl (C=O) groups is 1. The molecule has 0 aromatic heterocycles. The molecular weight excluding hydrogens is 267 g/mol. The fourth-order valence-electron chi connectivity index (χ4n) is 2.14. The lowest BCUT2D eigenvalue weighted by atomic mass is 9.84. The highest BCUT2D eigenvalue weighted by molar-refractivity contribution is 5.95. The van der Waals surface area contributed by atoms with Gasteiger partial charge in [0.15, 0.2) is 0 Å². The second-order valence-corrected chi connectivity index (χ2v) is 5.71. The normalized spacial score (nSPS) is 11.2. The van der Waals surface area contributed by atoms with E-state index in [9.17, 15) is 9.18 Å². The van der Waals surface area contributed by atoms with Crippen LogP contribution < -0.4 is 11.1 Å². The molecule has 0 unspecified atom stereocenters. The van der Waals surface area contributed by atoms with Gasteiger partial charge in [0.05, 0.1) is 0 Å². The van der Waals surface area contributed by atoms with E-state index >= 15 is 0 Å². The molecule has 2 rings (SSSR count). The summed E-state index contributed by atoms with van der Waals surface area (Å²) in [5, 5.41) is 2.83. The van der Waals surface area contributed by atoms with Crippen LogP contribution in [0.25, 0.3) is 0 Å². The van der Waals surface area contributed by atoms with Gasteiger partial charge in [-0.3, -0.25) is 4.79 Å². The summed E-state index contributed by atoms with van der Waals surface area (Å²) in [6, 6.07) is 13.8. The third kappa shape index (κ3) is 3.81. The lowest BCUT2D eigenvalue weighted by Crippen LogP contribution is -2.36. The molecule has 110 valence electrons. The van der Waals surface area contributed by atoms with Crippen LogP contribution in [0, 0.1) is 5.82 Å². The van der Waals surface area contributed by atoms with Crippen LogP contribution in [0.15, 0.2) is 48.5 Å². The fourth-order valence-corrected chi connectivity index (χ4v) is 2.14. The number of nitrogens with one attached hydrogen (secondary N) is 1. The minimum absolute atomic E-state index is 0.213. The van der Waals surface area contributed by atoms with E-state index in [1.165, 1.54) is 18.2 Å². The fraction of sp³-hybridized carbons (Fsp3) is 0.235. The molecule has 0 aliphatic heterocycles. The number of hydrogen-bond donors (Lipinski definition) is 2. The Hall–Kier alpha value is -2.36. The predicted molar refractivity (Wildman–Crippen MR) is 82.6 cm³/mol. The van der Waals surface area contributed by atoms with E-state index in [0.29, 0.717) is 6.54 Å². The molecule has 0 radical (unpaired) electrons. The molecule has 0 saturated carbocycles. The summed E-state index contributed by atoms with van der Waals surface area (Å²) in [6.45, 7) is 4.54. The van der Waals surface area contributed by atoms with Gasteiger partial charge in [-0.1, -0.05) is 44.2 Å². The van der Waals surface area contributed by atoms with Crippen LogP contribution in [0.2, 0.25) is 0 Å². The van der Waals surface area contributed by atoms with E-state index < -0.39 is 5.82 Å². The van der Waals surface area contributed by atoms with Gasteiger partial charge in [-0.15, -0.1) is 0 Å². The Morgan fingerprint density at radius 1 is 1.19 bits per heavy atom. The Balaban J connectivity index is 2.07. The SMILES string of the molecule is CC(C)(CNC(=O)c1cc(N)cc(F)c1)c1ccccc1. The first kappa shape index (κ1) is 15.0. The Labute approximate surface area is 124 Å². The number of carbonyl (C=O) groups excluding carboxylic acids is 1. The van der Waals surface area contributed by atoms with Crippen LogP contribution >= 0.6 is 0 Å². The zero-order chi connectivity index (χ0) is 15.5. The van der Waals surface area contributed by atoms with Crippen LogP contribution in [-0.4, -0.2) is 12.5 Å². The second kappa shape index (κ2) is 5.95. The molecule has 3 nitrogen and oxygen atoms in total. The highest BCUT2D eigenvalue weighted by Gasteiger charge is 2.21. The Morgan fingerprint density at radius 2 is 1.86 bits per heavy atom. The molecule has 1 amide bonds. The van der Waals surface area contributed by atoms with Crippen molar-refractivity contribution in [1.82, 2.24) is 5.32 Å². The molecular formula is C17H19FN2O. The maximum atomic E-state index is 13.3. The van der Waals surface area contributed by atoms with Gasteiger partial charge in [0.25, 0.3) is 5.91 Å². The molecule has 2 aromatic carbocycles. The van der Waals surface area contributed by atoms with Crippen molar-refractivity contribution in [2.75, 3.05) is 12.3 Å². The van der Waals surface area contributed by atoms with Gasteiger partial charge in [0.2, 0.25) is 0 Å². The smallest absolute Gasteiger partial charge is 0.251 e. The summed E-state index contributed by atoms with van der Waals surface area (Å²) in [5.41, 5.74) is 6.94. The van der Waals surface area contributed by atoms with Crippen LogP contribution in [0.3, 0.4) is 0 Å². The van der Waals surface area contributed by atoms with Crippen LogP contribution in [0.1, 0.15) is 29.8 Å². The summed E-state index contributed by atoms with van der Waals surface area (Å²) >= 11 is 0. The number of amides is 1. The lowest BCUT2D eigenvalue weighted by molar-refractivity contribution is 0.0945. The quantitative estimate of drug-likeness (QED) is 0.848. The summed E-state index contributed by atoms with van der Waals surface area (Å²) in [4.78, 5) is 12.1. The van der Waals surface area contributed by atoms with Crippen molar-refractivity contribution < 1.29 is 9.18 Å². The highest BCUT2D eigenvalue weighted by Crippen LogP contribution is 2.22. The molecule has 4 heteroatoms. The van der Waals surface area contributed by atoms with Crippen molar-refractivity contribution in [2.45, 2.75) is 19.3 Å². The van der Waals surface area contributed by atoms with Gasteiger partial charge in [0.1, 0.15) is 5.82 Å². The molecule has 0 atom stereocenters. The van der Waals surface area contributed by atoms with Gasteiger partial charge in [-0.2, -0.15) is 0 Å². The van der Waals surface area contributed by atoms with Crippen molar-refractivity contribution in [3.63, 3.8) is 0 Å². The summed E-state index contributed by atoms with van der Waals surface area (Å²) in [7, 11) is 0. The van der Waals surface area contributed by atoms with Crippen LogP contribution in [-0.2, 0) is 5.41 Å². The first-order chi connectivity index (χ1) is 9.88. The maximum absolute atomic E-state index is 13.3. The standard InChI is InChI=1S/C17H19FN2O/c1-17(2,13-6-4-3-5-7-13)11-20-16(21)12-8-14(18)10-15(19)9-12/h3-10H,11,19H2,1-2H3,(H,20,21). The van der Waals surface area contributed by atoms with E-state index in [0.717, 1.165) is 5.56 Å². The topological polar surface area (TPSA) is 55.1 Å². The molecule has 0 saturated heterocycles. The third-order valence-electron chi connectivity index (χ3n) is 3.43. The number of nitrogens with two attached hydrogens (primary N) is 1. The lowest BCUT2D eigenvalue weighted by Gasteiger charge is -2.25. The number of benzene rings is 2. The number of halogens is 1. The number of rotatable bonds is 4. The van der Waals surface area contributed by atoms with E-state index in [1.54, 1.807) is 0 Å². The first-order valence-electron chi connectivity index (χ1n) is 6.78. The zero-order valence-corrected chi connectivity index (χ0v) is 12.2. The first-order valence-corrected chi connectivity index (χ1v) is 6.78. The molecule has 0 heterocycles. The number of anilines is 1. The minimum Gasteiger partial charge on any atom is -0.399 e. The predicted octanol–water partition coefficient (Wildman–Crippen LogP) is 3.12. The average Bonchev–Trinajstić information content (AvgIpc) is 2.45. The second-order valence-electron chi connectivity index (χ2n) is 5.71. The maximum Gasteiger partial charge on any atom is 0.251 e. The number of nitrogen functional groups attached to an aromatic ring is 1. The molecule has 21 heavy (non-hydrogen) atoms. The third-order valence-corrected chi connectivity index (χ3v) is 3.43. The molecule has 2 aromatic rings. The van der Waals surface area contributed by atoms with Crippen molar-refractivity contribution in [3.05, 3.63) is 65.5 Å². The number of hydrogen-bond acceptors (Lipinski definition) is 2. The van der Waals surface area contributed by atoms with Crippen molar-refractivity contribution in [3.8, 4) is 0 Å². The van der Waals surface area contributed by atoms with Gasteiger partial charge in [-0.05, 0) is 23.8 Å². The molecule has 0 aliphatic carbocycles. The van der Waals surface area contributed by atoms with Crippen molar-refractivity contribution >= 4 is 11.6 Å². The largest absolute Gasteiger partial charge is 0.399 e. The molecule has 0 spiro atoms.